The van der Waals surface area contributed by atoms with E-state index in [0.717, 1.165) is 31.0 Å². The van der Waals surface area contributed by atoms with Crippen molar-refractivity contribution in [3.8, 4) is 0 Å². The molecular formula is C17H27N3O. The lowest BCUT2D eigenvalue weighted by Gasteiger charge is -2.23. The molecule has 4 heteroatoms. The molecule has 0 saturated carbocycles. The fraction of sp³-hybridized carbons (Fsp3) is 0.529. The molecule has 0 radical (unpaired) electrons. The van der Waals surface area contributed by atoms with Gasteiger partial charge in [-0.15, -0.1) is 0 Å². The summed E-state index contributed by atoms with van der Waals surface area (Å²) in [6.07, 6.45) is 1.18. The highest BCUT2D eigenvalue weighted by molar-refractivity contribution is 5.77. The molecule has 0 spiro atoms. The van der Waals surface area contributed by atoms with Gasteiger partial charge in [0.1, 0.15) is 11.3 Å². The molecular weight excluding hydrogens is 262 g/mol. The van der Waals surface area contributed by atoms with Crippen molar-refractivity contribution in [3.63, 3.8) is 0 Å². The normalized spacial score (nSPS) is 13.4. The van der Waals surface area contributed by atoms with Crippen molar-refractivity contribution in [3.05, 3.63) is 36.1 Å². The fourth-order valence-electron chi connectivity index (χ4n) is 2.56. The van der Waals surface area contributed by atoms with E-state index in [1.165, 1.54) is 11.8 Å². The summed E-state index contributed by atoms with van der Waals surface area (Å²) in [4.78, 5) is 4.58. The van der Waals surface area contributed by atoms with Gasteiger partial charge in [-0.25, -0.2) is 0 Å². The zero-order valence-electron chi connectivity index (χ0n) is 13.6. The highest BCUT2D eigenvalue weighted by Gasteiger charge is 2.16. The molecule has 0 amide bonds. The van der Waals surface area contributed by atoms with Crippen LogP contribution in [-0.4, -0.2) is 57.6 Å². The van der Waals surface area contributed by atoms with E-state index in [9.17, 15) is 0 Å². The molecule has 1 N–H and O–H groups in total. The number of furan rings is 1. The lowest BCUT2D eigenvalue weighted by Crippen LogP contribution is -2.32. The fourth-order valence-corrected chi connectivity index (χ4v) is 2.56. The minimum atomic E-state index is 0.224. The summed E-state index contributed by atoms with van der Waals surface area (Å²) < 4.78 is 5.97. The average Bonchev–Trinajstić information content (AvgIpc) is 2.88. The molecule has 0 bridgehead atoms. The molecule has 21 heavy (non-hydrogen) atoms. The van der Waals surface area contributed by atoms with Gasteiger partial charge >= 0.3 is 0 Å². The molecule has 116 valence electrons. The summed E-state index contributed by atoms with van der Waals surface area (Å²) in [5, 5.41) is 4.53. The van der Waals surface area contributed by atoms with Crippen LogP contribution in [0.5, 0.6) is 0 Å². The Balaban J connectivity index is 1.95. The molecule has 0 aliphatic rings. The number of hydrogen-bond donors (Lipinski definition) is 1. The molecule has 1 atom stereocenters. The van der Waals surface area contributed by atoms with Crippen molar-refractivity contribution in [2.24, 2.45) is 0 Å². The Morgan fingerprint density at radius 1 is 1.14 bits per heavy atom. The minimum absolute atomic E-state index is 0.224. The molecule has 0 fully saturated rings. The van der Waals surface area contributed by atoms with Crippen LogP contribution < -0.4 is 5.32 Å². The van der Waals surface area contributed by atoms with E-state index >= 15 is 0 Å². The average molecular weight is 289 g/mol. The maximum absolute atomic E-state index is 5.97. The highest BCUT2D eigenvalue weighted by atomic mass is 16.3. The first-order valence-corrected chi connectivity index (χ1v) is 7.59. The van der Waals surface area contributed by atoms with Crippen molar-refractivity contribution in [1.82, 2.24) is 15.1 Å². The summed E-state index contributed by atoms with van der Waals surface area (Å²) in [6, 6.07) is 10.5. The van der Waals surface area contributed by atoms with Gasteiger partial charge in [-0.3, -0.25) is 0 Å². The zero-order valence-corrected chi connectivity index (χ0v) is 13.6. The van der Waals surface area contributed by atoms with E-state index in [1.54, 1.807) is 0 Å². The lowest BCUT2D eigenvalue weighted by molar-refractivity contribution is 0.263. The van der Waals surface area contributed by atoms with Crippen molar-refractivity contribution in [1.29, 1.82) is 0 Å². The molecule has 1 aromatic heterocycles. The Bertz CT molecular complexity index is 517. The number of nitrogens with zero attached hydrogens (tertiary/aromatic N) is 2. The van der Waals surface area contributed by atoms with Crippen LogP contribution in [0.2, 0.25) is 0 Å². The van der Waals surface area contributed by atoms with Gasteiger partial charge < -0.3 is 19.5 Å². The van der Waals surface area contributed by atoms with Crippen LogP contribution in [0.4, 0.5) is 0 Å². The van der Waals surface area contributed by atoms with Crippen LogP contribution in [0.1, 0.15) is 18.2 Å². The van der Waals surface area contributed by atoms with Crippen LogP contribution in [0.3, 0.4) is 0 Å². The molecule has 1 heterocycles. The van der Waals surface area contributed by atoms with E-state index < -0.39 is 0 Å². The number of rotatable bonds is 8. The maximum Gasteiger partial charge on any atom is 0.134 e. The SMILES string of the molecule is CNC(CN(C)CCCN(C)C)c1cc2ccccc2o1. The predicted octanol–water partition coefficient (Wildman–Crippen LogP) is 2.58. The van der Waals surface area contributed by atoms with Gasteiger partial charge in [0.15, 0.2) is 0 Å². The third-order valence-corrected chi connectivity index (χ3v) is 3.78. The van der Waals surface area contributed by atoms with E-state index in [4.69, 9.17) is 4.42 Å². The van der Waals surface area contributed by atoms with Crippen molar-refractivity contribution < 1.29 is 4.42 Å². The van der Waals surface area contributed by atoms with Gasteiger partial charge in [0, 0.05) is 11.9 Å². The van der Waals surface area contributed by atoms with Crippen LogP contribution in [0.15, 0.2) is 34.7 Å². The highest BCUT2D eigenvalue weighted by Crippen LogP contribution is 2.24. The van der Waals surface area contributed by atoms with Gasteiger partial charge in [0.25, 0.3) is 0 Å². The Labute approximate surface area is 127 Å². The first-order chi connectivity index (χ1) is 10.1. The van der Waals surface area contributed by atoms with E-state index in [1.807, 2.05) is 25.2 Å². The molecule has 2 rings (SSSR count). The van der Waals surface area contributed by atoms with Gasteiger partial charge in [-0.1, -0.05) is 18.2 Å². The molecule has 2 aromatic rings. The van der Waals surface area contributed by atoms with E-state index in [-0.39, 0.29) is 6.04 Å². The smallest absolute Gasteiger partial charge is 0.134 e. The van der Waals surface area contributed by atoms with Crippen LogP contribution in [-0.2, 0) is 0 Å². The number of likely N-dealkylation sites (N-methyl/N-ethyl adjacent to an activating group) is 2. The second-order valence-electron chi connectivity index (χ2n) is 5.95. The molecule has 0 aliphatic heterocycles. The number of fused-ring (bicyclic) bond motifs is 1. The van der Waals surface area contributed by atoms with Crippen molar-refractivity contribution in [2.75, 3.05) is 47.8 Å². The van der Waals surface area contributed by atoms with Crippen molar-refractivity contribution >= 4 is 11.0 Å². The van der Waals surface area contributed by atoms with Gasteiger partial charge in [0.2, 0.25) is 0 Å². The number of nitrogens with one attached hydrogen (secondary N) is 1. The molecule has 1 unspecified atom stereocenters. The quantitative estimate of drug-likeness (QED) is 0.809. The Morgan fingerprint density at radius 2 is 1.90 bits per heavy atom. The molecule has 4 nitrogen and oxygen atoms in total. The summed E-state index contributed by atoms with van der Waals surface area (Å²) in [5.41, 5.74) is 0.961. The summed E-state index contributed by atoms with van der Waals surface area (Å²) in [6.45, 7) is 3.17. The number of hydrogen-bond acceptors (Lipinski definition) is 4. The first kappa shape index (κ1) is 16.0. The van der Waals surface area contributed by atoms with E-state index in [2.05, 4.69) is 48.4 Å². The number of benzene rings is 1. The summed E-state index contributed by atoms with van der Waals surface area (Å²) in [7, 11) is 8.39. The van der Waals surface area contributed by atoms with Crippen LogP contribution in [0.25, 0.3) is 11.0 Å². The van der Waals surface area contributed by atoms with E-state index in [0.29, 0.717) is 0 Å². The van der Waals surface area contributed by atoms with Gasteiger partial charge in [-0.2, -0.15) is 0 Å². The molecule has 0 aliphatic carbocycles. The van der Waals surface area contributed by atoms with Crippen LogP contribution >= 0.6 is 0 Å². The largest absolute Gasteiger partial charge is 0.459 e. The third-order valence-electron chi connectivity index (χ3n) is 3.78. The Morgan fingerprint density at radius 3 is 2.57 bits per heavy atom. The second-order valence-corrected chi connectivity index (χ2v) is 5.95. The Kier molecular flexibility index (Phi) is 5.79. The predicted molar refractivity (Wildman–Crippen MR) is 88.7 cm³/mol. The minimum Gasteiger partial charge on any atom is -0.459 e. The monoisotopic (exact) mass is 289 g/mol. The third kappa shape index (κ3) is 4.56. The summed E-state index contributed by atoms with van der Waals surface area (Å²) >= 11 is 0. The topological polar surface area (TPSA) is 31.6 Å². The standard InChI is InChI=1S/C17H27N3O/c1-18-15(13-20(4)11-7-10-19(2)3)17-12-14-8-5-6-9-16(14)21-17/h5-6,8-9,12,15,18H,7,10-11,13H2,1-4H3. The molecule has 0 saturated heterocycles. The maximum atomic E-state index is 5.97. The lowest BCUT2D eigenvalue weighted by atomic mass is 10.2. The van der Waals surface area contributed by atoms with Gasteiger partial charge in [-0.05, 0) is 59.8 Å². The summed E-state index contributed by atoms with van der Waals surface area (Å²) in [5.74, 6) is 1.01. The van der Waals surface area contributed by atoms with Gasteiger partial charge in [0.05, 0.1) is 6.04 Å². The first-order valence-electron chi connectivity index (χ1n) is 7.59. The van der Waals surface area contributed by atoms with Crippen LogP contribution in [0, 0.1) is 0 Å². The number of para-hydroxylation sites is 1. The van der Waals surface area contributed by atoms with Crippen molar-refractivity contribution in [2.45, 2.75) is 12.5 Å². The zero-order chi connectivity index (χ0) is 15.2. The Hall–Kier alpha value is -1.36. The molecule has 1 aromatic carbocycles. The second kappa shape index (κ2) is 7.59.